The van der Waals surface area contributed by atoms with Gasteiger partial charge in [-0.25, -0.2) is 9.63 Å². The van der Waals surface area contributed by atoms with Gasteiger partial charge >= 0.3 is 6.09 Å². The number of benzene rings is 5. The van der Waals surface area contributed by atoms with E-state index in [-0.39, 0.29) is 12.5 Å². The first-order valence-corrected chi connectivity index (χ1v) is 13.6. The van der Waals surface area contributed by atoms with Gasteiger partial charge in [-0.2, -0.15) is 5.48 Å². The lowest BCUT2D eigenvalue weighted by Crippen LogP contribution is -2.41. The standard InChI is InChI=1S/C35H28ClNO3/c1-24-19-21-26(22-20-24)35(25-11-3-2-4-12-25,32-17-9-10-18-33(32)36)40-37-34(38)39-23-31-29-15-7-5-13-27(29)28-14-6-8-16-30(28)31/h2-22,31H,23H2,1H3,(H,37,38). The number of halogens is 1. The topological polar surface area (TPSA) is 47.6 Å². The van der Waals surface area contributed by atoms with Crippen LogP contribution in [0.3, 0.4) is 0 Å². The number of hydrogen-bond acceptors (Lipinski definition) is 3. The number of hydrogen-bond donors (Lipinski definition) is 1. The summed E-state index contributed by atoms with van der Waals surface area (Å²) in [6, 6.07) is 41.7. The van der Waals surface area contributed by atoms with Gasteiger partial charge in [-0.05, 0) is 46.4 Å². The highest BCUT2D eigenvalue weighted by atomic mass is 35.5. The Kier molecular flexibility index (Phi) is 7.12. The van der Waals surface area contributed by atoms with Crippen LogP contribution >= 0.6 is 11.6 Å². The predicted molar refractivity (Wildman–Crippen MR) is 158 cm³/mol. The number of fused-ring (bicyclic) bond motifs is 3. The van der Waals surface area contributed by atoms with Gasteiger partial charge in [-0.3, -0.25) is 0 Å². The maximum Gasteiger partial charge on any atom is 0.431 e. The predicted octanol–water partition coefficient (Wildman–Crippen LogP) is 8.41. The van der Waals surface area contributed by atoms with Gasteiger partial charge in [-0.15, -0.1) is 0 Å². The highest BCUT2D eigenvalue weighted by Crippen LogP contribution is 2.45. The van der Waals surface area contributed by atoms with Crippen LogP contribution in [-0.2, 0) is 15.2 Å². The lowest BCUT2D eigenvalue weighted by atomic mass is 9.80. The highest BCUT2D eigenvalue weighted by Gasteiger charge is 2.41. The third kappa shape index (κ3) is 4.66. The van der Waals surface area contributed by atoms with E-state index in [2.05, 4.69) is 29.7 Å². The molecule has 0 fully saturated rings. The van der Waals surface area contributed by atoms with E-state index in [1.807, 2.05) is 110 Å². The lowest BCUT2D eigenvalue weighted by molar-refractivity contribution is -0.0552. The van der Waals surface area contributed by atoms with Crippen molar-refractivity contribution >= 4 is 17.7 Å². The van der Waals surface area contributed by atoms with Crippen LogP contribution in [0.2, 0.25) is 5.02 Å². The number of ether oxygens (including phenoxy) is 1. The van der Waals surface area contributed by atoms with Crippen LogP contribution in [0.1, 0.15) is 39.3 Å². The van der Waals surface area contributed by atoms with E-state index >= 15 is 0 Å². The normalized spacial score (nSPS) is 13.7. The molecule has 5 heteroatoms. The van der Waals surface area contributed by atoms with Gasteiger partial charge in [0.1, 0.15) is 6.61 Å². The molecule has 0 heterocycles. The van der Waals surface area contributed by atoms with Crippen molar-refractivity contribution in [3.05, 3.63) is 166 Å². The summed E-state index contributed by atoms with van der Waals surface area (Å²) in [5.41, 5.74) is 9.45. The zero-order valence-electron chi connectivity index (χ0n) is 22.0. The third-order valence-electron chi connectivity index (χ3n) is 7.52. The van der Waals surface area contributed by atoms with Crippen molar-refractivity contribution in [3.8, 4) is 11.1 Å². The quantitative estimate of drug-likeness (QED) is 0.165. The summed E-state index contributed by atoms with van der Waals surface area (Å²) in [7, 11) is 0. The fourth-order valence-corrected chi connectivity index (χ4v) is 5.87. The van der Waals surface area contributed by atoms with Crippen LogP contribution in [0.15, 0.2) is 127 Å². The molecule has 1 N–H and O–H groups in total. The number of carbonyl (C=O) groups excluding carboxylic acids is 1. The van der Waals surface area contributed by atoms with Crippen LogP contribution in [0.4, 0.5) is 4.79 Å². The molecule has 5 aromatic rings. The second-order valence-corrected chi connectivity index (χ2v) is 10.3. The summed E-state index contributed by atoms with van der Waals surface area (Å²) in [5.74, 6) is -0.0577. The minimum absolute atomic E-state index is 0.0577. The van der Waals surface area contributed by atoms with E-state index in [0.717, 1.165) is 27.8 Å². The number of hydroxylamine groups is 1. The van der Waals surface area contributed by atoms with Crippen LogP contribution in [0, 0.1) is 6.92 Å². The van der Waals surface area contributed by atoms with E-state index in [1.54, 1.807) is 0 Å². The Hall–Kier alpha value is -4.38. The van der Waals surface area contributed by atoms with Gasteiger partial charge in [0.05, 0.1) is 0 Å². The third-order valence-corrected chi connectivity index (χ3v) is 7.85. The molecule has 1 aliphatic carbocycles. The summed E-state index contributed by atoms with van der Waals surface area (Å²) in [4.78, 5) is 19.6. The summed E-state index contributed by atoms with van der Waals surface area (Å²) in [5, 5.41) is 0.515. The molecule has 0 spiro atoms. The van der Waals surface area contributed by atoms with Crippen LogP contribution < -0.4 is 5.48 Å². The Labute approximate surface area is 239 Å². The fraction of sp³-hybridized carbons (Fsp3) is 0.114. The maximum absolute atomic E-state index is 13.2. The summed E-state index contributed by atoms with van der Waals surface area (Å²) < 4.78 is 5.78. The molecule has 1 atom stereocenters. The van der Waals surface area contributed by atoms with Crippen LogP contribution in [0.5, 0.6) is 0 Å². The van der Waals surface area contributed by atoms with Crippen molar-refractivity contribution in [1.82, 2.24) is 5.48 Å². The number of nitrogens with one attached hydrogen (secondary N) is 1. The summed E-state index contributed by atoms with van der Waals surface area (Å²) >= 11 is 6.77. The summed E-state index contributed by atoms with van der Waals surface area (Å²) in [6.07, 6.45) is -0.679. The van der Waals surface area contributed by atoms with Crippen molar-refractivity contribution in [1.29, 1.82) is 0 Å². The van der Waals surface area contributed by atoms with Gasteiger partial charge in [0.2, 0.25) is 0 Å². The fourth-order valence-electron chi connectivity index (χ4n) is 5.60. The molecule has 0 aliphatic heterocycles. The SMILES string of the molecule is Cc1ccc(C(ONC(=O)OCC2c3ccccc3-c3ccccc32)(c2ccccc2)c2ccccc2Cl)cc1. The zero-order valence-corrected chi connectivity index (χ0v) is 22.8. The molecular weight excluding hydrogens is 518 g/mol. The van der Waals surface area contributed by atoms with Gasteiger partial charge in [0, 0.05) is 16.5 Å². The summed E-state index contributed by atoms with van der Waals surface area (Å²) in [6.45, 7) is 2.21. The van der Waals surface area contributed by atoms with Crippen molar-refractivity contribution in [2.75, 3.05) is 6.61 Å². The molecule has 1 amide bonds. The van der Waals surface area contributed by atoms with Gasteiger partial charge in [0.25, 0.3) is 0 Å². The molecule has 1 unspecified atom stereocenters. The second-order valence-electron chi connectivity index (χ2n) is 9.92. The molecule has 0 aromatic heterocycles. The first kappa shape index (κ1) is 25.9. The van der Waals surface area contributed by atoms with Gasteiger partial charge in [0.15, 0.2) is 5.60 Å². The average molecular weight is 546 g/mol. The van der Waals surface area contributed by atoms with Crippen molar-refractivity contribution in [3.63, 3.8) is 0 Å². The van der Waals surface area contributed by atoms with Gasteiger partial charge < -0.3 is 4.74 Å². The van der Waals surface area contributed by atoms with Crippen molar-refractivity contribution in [2.45, 2.75) is 18.4 Å². The van der Waals surface area contributed by atoms with Crippen LogP contribution in [0.25, 0.3) is 11.1 Å². The molecule has 0 bridgehead atoms. The van der Waals surface area contributed by atoms with E-state index < -0.39 is 11.7 Å². The number of rotatable bonds is 7. The molecule has 0 saturated carbocycles. The lowest BCUT2D eigenvalue weighted by Gasteiger charge is -2.35. The minimum atomic E-state index is -1.22. The Bertz CT molecular complexity index is 1610. The molecule has 0 saturated heterocycles. The minimum Gasteiger partial charge on any atom is -0.447 e. The zero-order chi connectivity index (χ0) is 27.5. The maximum atomic E-state index is 13.2. The highest BCUT2D eigenvalue weighted by molar-refractivity contribution is 6.31. The molecule has 1 aliphatic rings. The Morgan fingerprint density at radius 3 is 1.93 bits per heavy atom. The van der Waals surface area contributed by atoms with Gasteiger partial charge in [-0.1, -0.05) is 138 Å². The molecule has 198 valence electrons. The van der Waals surface area contributed by atoms with Crippen molar-refractivity contribution < 1.29 is 14.4 Å². The van der Waals surface area contributed by atoms with E-state index in [0.29, 0.717) is 10.6 Å². The average Bonchev–Trinajstić information content (AvgIpc) is 3.32. The molecule has 5 aromatic carbocycles. The number of carbonyl (C=O) groups is 1. The number of amides is 1. The van der Waals surface area contributed by atoms with E-state index in [4.69, 9.17) is 21.2 Å². The molecule has 40 heavy (non-hydrogen) atoms. The monoisotopic (exact) mass is 545 g/mol. The van der Waals surface area contributed by atoms with E-state index in [1.165, 1.54) is 11.1 Å². The Balaban J connectivity index is 1.31. The Morgan fingerprint density at radius 2 is 1.27 bits per heavy atom. The first-order chi connectivity index (χ1) is 19.6. The molecule has 6 rings (SSSR count). The molecule has 4 nitrogen and oxygen atoms in total. The van der Waals surface area contributed by atoms with Crippen LogP contribution in [-0.4, -0.2) is 12.7 Å². The molecular formula is C35H28ClNO3. The first-order valence-electron chi connectivity index (χ1n) is 13.2. The van der Waals surface area contributed by atoms with E-state index in [9.17, 15) is 4.79 Å². The molecule has 0 radical (unpaired) electrons. The largest absolute Gasteiger partial charge is 0.447 e. The smallest absolute Gasteiger partial charge is 0.431 e. The number of aryl methyl sites for hydroxylation is 1. The Morgan fingerprint density at radius 1 is 0.725 bits per heavy atom. The second kappa shape index (κ2) is 11.0. The van der Waals surface area contributed by atoms with Crippen molar-refractivity contribution in [2.24, 2.45) is 0 Å².